The molecule has 2 saturated heterocycles. The number of likely N-dealkylation sites (tertiary alicyclic amines) is 1. The van der Waals surface area contributed by atoms with Gasteiger partial charge in [0, 0.05) is 58.1 Å². The van der Waals surface area contributed by atoms with Crippen LogP contribution in [0.1, 0.15) is 75.2 Å². The van der Waals surface area contributed by atoms with Crippen LogP contribution in [0.3, 0.4) is 0 Å². The maximum absolute atomic E-state index is 14.4. The van der Waals surface area contributed by atoms with Gasteiger partial charge < -0.3 is 34.6 Å². The van der Waals surface area contributed by atoms with Crippen LogP contribution in [0, 0.1) is 11.8 Å². The fourth-order valence-corrected chi connectivity index (χ4v) is 6.09. The Morgan fingerprint density at radius 1 is 1.17 bits per heavy atom. The number of hydrogen-bond acceptors (Lipinski definition) is 8. The lowest BCUT2D eigenvalue weighted by Gasteiger charge is -2.44. The number of aromatic nitrogens is 2. The molecule has 0 saturated carbocycles. The minimum atomic E-state index is -1.11. The van der Waals surface area contributed by atoms with E-state index in [4.69, 9.17) is 14.5 Å². The zero-order valence-corrected chi connectivity index (χ0v) is 28.1. The molecule has 0 radical (unpaired) electrons. The molecule has 252 valence electrons. The van der Waals surface area contributed by atoms with Crippen LogP contribution in [0.25, 0.3) is 0 Å². The van der Waals surface area contributed by atoms with Gasteiger partial charge in [-0.1, -0.05) is 65.0 Å². The number of rotatable bonds is 11. The predicted octanol–water partition coefficient (Wildman–Crippen LogP) is 4.29. The second-order valence-electron chi connectivity index (χ2n) is 13.6. The van der Waals surface area contributed by atoms with Gasteiger partial charge in [0.15, 0.2) is 0 Å². The van der Waals surface area contributed by atoms with Crippen molar-refractivity contribution in [2.75, 3.05) is 65.0 Å². The number of benzene rings is 1. The molecule has 0 bridgehead atoms. The van der Waals surface area contributed by atoms with E-state index < -0.39 is 18.1 Å². The average Bonchev–Trinajstić information content (AvgIpc) is 3.04. The highest BCUT2D eigenvalue weighted by atomic mass is 16.5. The number of carbonyl (C=O) groups is 3. The Balaban J connectivity index is 1.66. The van der Waals surface area contributed by atoms with Crippen LogP contribution in [0.4, 0.5) is 10.6 Å². The number of carboxylic acid groups (broad SMARTS) is 1. The van der Waals surface area contributed by atoms with E-state index in [1.54, 1.807) is 18.2 Å². The predicted molar refractivity (Wildman–Crippen MR) is 175 cm³/mol. The molecule has 0 aliphatic carbocycles. The highest BCUT2D eigenvalue weighted by Gasteiger charge is 2.42. The smallest absolute Gasteiger partial charge is 0.407 e. The molecule has 2 fully saturated rings. The molecule has 3 heterocycles. The van der Waals surface area contributed by atoms with Crippen molar-refractivity contribution >= 4 is 23.7 Å². The summed E-state index contributed by atoms with van der Waals surface area (Å²) in [5.74, 6) is 0.101. The molecule has 12 heteroatoms. The first-order valence-electron chi connectivity index (χ1n) is 16.2. The Kier molecular flexibility index (Phi) is 12.0. The Labute approximate surface area is 272 Å². The summed E-state index contributed by atoms with van der Waals surface area (Å²) in [6, 6.07) is 8.96. The molecule has 1 unspecified atom stereocenters. The molecule has 4 rings (SSSR count). The van der Waals surface area contributed by atoms with Gasteiger partial charge in [0.05, 0.1) is 31.2 Å². The number of piperidine rings is 1. The van der Waals surface area contributed by atoms with E-state index in [0.717, 1.165) is 12.0 Å². The quantitative estimate of drug-likeness (QED) is 0.345. The molecule has 0 spiro atoms. The number of hydrogen-bond donors (Lipinski definition) is 2. The van der Waals surface area contributed by atoms with E-state index in [-0.39, 0.29) is 42.3 Å². The zero-order chi connectivity index (χ0) is 33.4. The lowest BCUT2D eigenvalue weighted by molar-refractivity contribution is -0.147. The number of anilines is 1. The van der Waals surface area contributed by atoms with Crippen LogP contribution in [0.2, 0.25) is 0 Å². The van der Waals surface area contributed by atoms with Gasteiger partial charge in [-0.25, -0.2) is 14.8 Å². The number of morpholine rings is 1. The van der Waals surface area contributed by atoms with Crippen molar-refractivity contribution in [1.82, 2.24) is 24.7 Å². The summed E-state index contributed by atoms with van der Waals surface area (Å²) in [6.07, 6.45) is 1.53. The highest BCUT2D eigenvalue weighted by Crippen LogP contribution is 2.31. The molecule has 2 aliphatic rings. The van der Waals surface area contributed by atoms with E-state index in [9.17, 15) is 19.5 Å². The molecule has 46 heavy (non-hydrogen) atoms. The van der Waals surface area contributed by atoms with Crippen LogP contribution >= 0.6 is 0 Å². The van der Waals surface area contributed by atoms with E-state index in [1.165, 1.54) is 4.90 Å². The van der Waals surface area contributed by atoms with Crippen LogP contribution in [-0.2, 0) is 19.7 Å². The number of ether oxygens (including phenoxy) is 2. The maximum atomic E-state index is 14.4. The molecule has 2 N–H and O–H groups in total. The lowest BCUT2D eigenvalue weighted by Crippen LogP contribution is -2.58. The normalized spacial score (nSPS) is 20.5. The first-order chi connectivity index (χ1) is 21.9. The van der Waals surface area contributed by atoms with Gasteiger partial charge in [-0.2, -0.15) is 0 Å². The first-order valence-corrected chi connectivity index (χ1v) is 16.2. The van der Waals surface area contributed by atoms with Crippen molar-refractivity contribution in [3.05, 3.63) is 53.5 Å². The van der Waals surface area contributed by atoms with Crippen molar-refractivity contribution in [3.8, 4) is 0 Å². The zero-order valence-electron chi connectivity index (χ0n) is 28.1. The fraction of sp³-hybridized carbons (Fsp3) is 0.618. The third-order valence-corrected chi connectivity index (χ3v) is 8.42. The summed E-state index contributed by atoms with van der Waals surface area (Å²) < 4.78 is 10.9. The van der Waals surface area contributed by atoms with Gasteiger partial charge in [-0.3, -0.25) is 9.59 Å². The Morgan fingerprint density at radius 2 is 1.91 bits per heavy atom. The van der Waals surface area contributed by atoms with Crippen molar-refractivity contribution < 1.29 is 29.0 Å². The Morgan fingerprint density at radius 3 is 2.57 bits per heavy atom. The van der Waals surface area contributed by atoms with Crippen molar-refractivity contribution in [2.24, 2.45) is 11.8 Å². The molecule has 2 aromatic rings. The average molecular weight is 639 g/mol. The van der Waals surface area contributed by atoms with Gasteiger partial charge >= 0.3 is 6.09 Å². The summed E-state index contributed by atoms with van der Waals surface area (Å²) in [5.41, 5.74) is 0.954. The topological polar surface area (TPSA) is 137 Å². The fourth-order valence-electron chi connectivity index (χ4n) is 6.09. The molecule has 3 amide bonds. The summed E-state index contributed by atoms with van der Waals surface area (Å²) >= 11 is 0. The monoisotopic (exact) mass is 638 g/mol. The number of carbonyl (C=O) groups excluding carboxylic acids is 2. The molecule has 12 nitrogen and oxygen atoms in total. The largest absolute Gasteiger partial charge is 0.465 e. The summed E-state index contributed by atoms with van der Waals surface area (Å²) in [4.78, 5) is 55.2. The molecule has 2 aliphatic heterocycles. The molecular weight excluding hydrogens is 588 g/mol. The van der Waals surface area contributed by atoms with Crippen LogP contribution in [0.5, 0.6) is 0 Å². The highest BCUT2D eigenvalue weighted by molar-refractivity contribution is 5.98. The van der Waals surface area contributed by atoms with Crippen LogP contribution in [0.15, 0.2) is 36.5 Å². The molecule has 1 aromatic carbocycles. The SMILES string of the molecule is COCCCNc1nc(C(C)(C)C)ncc1C(=O)N(CC(C)C)[C@H]1C[C@@H](C(=O)N2CCOCC2c2ccccc2)CN(C(=O)O)C1. The van der Waals surface area contributed by atoms with Gasteiger partial charge in [0.25, 0.3) is 5.91 Å². The summed E-state index contributed by atoms with van der Waals surface area (Å²) in [6.45, 7) is 12.9. The van der Waals surface area contributed by atoms with Gasteiger partial charge in [-0.15, -0.1) is 0 Å². The van der Waals surface area contributed by atoms with E-state index >= 15 is 0 Å². The Bertz CT molecular complexity index is 1330. The second kappa shape index (κ2) is 15.7. The van der Waals surface area contributed by atoms with Gasteiger partial charge in [-0.05, 0) is 24.3 Å². The summed E-state index contributed by atoms with van der Waals surface area (Å²) in [7, 11) is 1.64. The second-order valence-corrected chi connectivity index (χ2v) is 13.6. The molecule has 3 atom stereocenters. The van der Waals surface area contributed by atoms with Crippen molar-refractivity contribution in [2.45, 2.75) is 65.0 Å². The number of nitrogens with zero attached hydrogens (tertiary/aromatic N) is 5. The van der Waals surface area contributed by atoms with Gasteiger partial charge in [0.1, 0.15) is 17.2 Å². The first kappa shape index (κ1) is 35.1. The van der Waals surface area contributed by atoms with E-state index in [1.807, 2.05) is 69.9 Å². The number of methoxy groups -OCH3 is 1. The van der Waals surface area contributed by atoms with E-state index in [2.05, 4.69) is 10.3 Å². The van der Waals surface area contributed by atoms with Crippen LogP contribution in [-0.4, -0.2) is 113 Å². The minimum absolute atomic E-state index is 0.0724. The number of amides is 3. The molecular formula is C34H50N6O6. The third kappa shape index (κ3) is 8.73. The minimum Gasteiger partial charge on any atom is -0.465 e. The van der Waals surface area contributed by atoms with Crippen molar-refractivity contribution in [1.29, 1.82) is 0 Å². The summed E-state index contributed by atoms with van der Waals surface area (Å²) in [5, 5.41) is 13.5. The van der Waals surface area contributed by atoms with E-state index in [0.29, 0.717) is 63.1 Å². The maximum Gasteiger partial charge on any atom is 0.407 e. The molecule has 1 aromatic heterocycles. The third-order valence-electron chi connectivity index (χ3n) is 8.42. The Hall–Kier alpha value is -3.77. The standard InChI is InChI=1S/C34H50N6O6/c1-23(2)19-40(31(42)27-18-36-32(34(3,4)5)37-29(27)35-13-10-15-45-6)26-17-25(20-38(21-26)33(43)44)30(41)39-14-16-46-22-28(39)24-11-8-7-9-12-24/h7-9,11-12,18,23,25-26,28H,10,13-17,19-22H2,1-6H3,(H,43,44)(H,35,36,37)/t25-,26+,28?/m1/s1. The van der Waals surface area contributed by atoms with Crippen LogP contribution < -0.4 is 5.32 Å². The number of nitrogens with one attached hydrogen (secondary N) is 1. The lowest BCUT2D eigenvalue weighted by atomic mass is 9.90. The van der Waals surface area contributed by atoms with Gasteiger partial charge in [0.2, 0.25) is 5.91 Å². The van der Waals surface area contributed by atoms with Crippen molar-refractivity contribution in [3.63, 3.8) is 0 Å².